The molecule has 4 rings (SSSR count). The van der Waals surface area contributed by atoms with Gasteiger partial charge in [-0.2, -0.15) is 0 Å². The van der Waals surface area contributed by atoms with Gasteiger partial charge in [0.15, 0.2) is 5.56 Å². The Morgan fingerprint density at radius 1 is 1.20 bits per heavy atom. The number of aromatic nitrogens is 3. The summed E-state index contributed by atoms with van der Waals surface area (Å²) in [6, 6.07) is 5.34. The van der Waals surface area contributed by atoms with E-state index in [1.807, 2.05) is 19.9 Å². The maximum Gasteiger partial charge on any atom is 0.347 e. The molecule has 1 N–H and O–H groups in total. The zero-order valence-electron chi connectivity index (χ0n) is 21.0. The van der Waals surface area contributed by atoms with Gasteiger partial charge in [0.1, 0.15) is 28.8 Å². The molecule has 1 unspecified atom stereocenters. The molecule has 0 saturated heterocycles. The van der Waals surface area contributed by atoms with Crippen molar-refractivity contribution in [1.82, 2.24) is 14.1 Å². The minimum absolute atomic E-state index is 0.100. The first kappa shape index (κ1) is 24.4. The molecule has 2 aromatic heterocycles. The molecule has 1 atom stereocenters. The van der Waals surface area contributed by atoms with Gasteiger partial charge in [-0.15, -0.1) is 0 Å². The Labute approximate surface area is 203 Å². The molecular formula is C26H31N3O6. The van der Waals surface area contributed by atoms with Crippen molar-refractivity contribution < 1.29 is 24.1 Å². The lowest BCUT2D eigenvalue weighted by Gasteiger charge is -2.22. The van der Waals surface area contributed by atoms with Crippen molar-refractivity contribution in [2.24, 2.45) is 0 Å². The molecule has 2 heterocycles. The van der Waals surface area contributed by atoms with Crippen molar-refractivity contribution in [3.63, 3.8) is 0 Å². The second-order valence-corrected chi connectivity index (χ2v) is 8.68. The molecule has 0 radical (unpaired) electrons. The number of esters is 1. The number of aromatic hydroxyl groups is 1. The van der Waals surface area contributed by atoms with Gasteiger partial charge in [0.25, 0.3) is 5.56 Å². The van der Waals surface area contributed by atoms with E-state index in [0.29, 0.717) is 34.0 Å². The van der Waals surface area contributed by atoms with Gasteiger partial charge in [-0.3, -0.25) is 4.79 Å². The fourth-order valence-electron chi connectivity index (χ4n) is 5.01. The van der Waals surface area contributed by atoms with Crippen molar-refractivity contribution in [2.75, 3.05) is 21.3 Å². The van der Waals surface area contributed by atoms with E-state index in [0.717, 1.165) is 30.9 Å². The number of imidazole rings is 1. The molecule has 0 fully saturated rings. The first-order chi connectivity index (χ1) is 16.8. The first-order valence-corrected chi connectivity index (χ1v) is 11.6. The van der Waals surface area contributed by atoms with Crippen molar-refractivity contribution in [2.45, 2.75) is 52.6 Å². The van der Waals surface area contributed by atoms with Crippen LogP contribution < -0.4 is 15.0 Å². The summed E-state index contributed by atoms with van der Waals surface area (Å²) in [5, 5.41) is 11.2. The van der Waals surface area contributed by atoms with E-state index in [9.17, 15) is 14.7 Å². The number of benzene rings is 1. The van der Waals surface area contributed by atoms with Gasteiger partial charge in [-0.1, -0.05) is 6.92 Å². The molecule has 0 bridgehead atoms. The van der Waals surface area contributed by atoms with Gasteiger partial charge >= 0.3 is 5.97 Å². The number of carbonyl (C=O) groups is 1. The van der Waals surface area contributed by atoms with Gasteiger partial charge in [-0.05, 0) is 44.7 Å². The number of methoxy groups -OCH3 is 3. The molecule has 186 valence electrons. The molecule has 0 aliphatic heterocycles. The largest absolute Gasteiger partial charge is 0.506 e. The predicted octanol–water partition coefficient (Wildman–Crippen LogP) is 3.65. The highest BCUT2D eigenvalue weighted by atomic mass is 16.5. The van der Waals surface area contributed by atoms with Gasteiger partial charge in [0, 0.05) is 29.4 Å². The normalized spacial score (nSPS) is 14.6. The third kappa shape index (κ3) is 3.94. The number of hydrogen-bond donors (Lipinski definition) is 1. The van der Waals surface area contributed by atoms with E-state index in [2.05, 4.69) is 11.5 Å². The Balaban J connectivity index is 2.09. The van der Waals surface area contributed by atoms with Crippen LogP contribution in [0.5, 0.6) is 17.2 Å². The van der Waals surface area contributed by atoms with Crippen LogP contribution >= 0.6 is 0 Å². The number of fused-ring (bicyclic) bond motifs is 3. The van der Waals surface area contributed by atoms with E-state index in [1.54, 1.807) is 26.4 Å². The van der Waals surface area contributed by atoms with Crippen LogP contribution in [0.15, 0.2) is 23.0 Å². The number of hydrogen-bond acceptors (Lipinski definition) is 7. The summed E-state index contributed by atoms with van der Waals surface area (Å²) in [6.45, 7) is 6.80. The molecule has 0 saturated carbocycles. The zero-order chi connectivity index (χ0) is 25.4. The van der Waals surface area contributed by atoms with Crippen LogP contribution in [0.2, 0.25) is 0 Å². The number of aryl methyl sites for hydroxylation is 1. The predicted molar refractivity (Wildman–Crippen MR) is 131 cm³/mol. The third-order valence-corrected chi connectivity index (χ3v) is 6.80. The Bertz CT molecular complexity index is 1350. The van der Waals surface area contributed by atoms with E-state index < -0.39 is 11.5 Å². The van der Waals surface area contributed by atoms with Crippen LogP contribution in [-0.2, 0) is 24.2 Å². The van der Waals surface area contributed by atoms with Crippen LogP contribution in [-0.4, -0.2) is 46.5 Å². The summed E-state index contributed by atoms with van der Waals surface area (Å²) in [6.07, 6.45) is 1.45. The SMILES string of the molecule is CCn1c(C)nc2c1CCC(C)c1c(O)c(C(=O)OC)c(=O)n(Cc3ccc(OC)cc3OC)c1-2. The highest BCUT2D eigenvalue weighted by Gasteiger charge is 2.34. The van der Waals surface area contributed by atoms with Gasteiger partial charge in [-0.25, -0.2) is 9.78 Å². The average Bonchev–Trinajstić information content (AvgIpc) is 3.10. The van der Waals surface area contributed by atoms with E-state index in [4.69, 9.17) is 19.2 Å². The Hall–Kier alpha value is -3.75. The lowest BCUT2D eigenvalue weighted by molar-refractivity contribution is 0.0594. The topological polar surface area (TPSA) is 105 Å². The number of ether oxygens (including phenoxy) is 3. The Morgan fingerprint density at radius 2 is 1.94 bits per heavy atom. The molecule has 0 spiro atoms. The Morgan fingerprint density at radius 3 is 2.57 bits per heavy atom. The number of pyridine rings is 1. The lowest BCUT2D eigenvalue weighted by atomic mass is 9.93. The van der Waals surface area contributed by atoms with Gasteiger partial charge in [0.2, 0.25) is 0 Å². The van der Waals surface area contributed by atoms with E-state index >= 15 is 0 Å². The second-order valence-electron chi connectivity index (χ2n) is 8.68. The smallest absolute Gasteiger partial charge is 0.347 e. The minimum atomic E-state index is -0.877. The fraction of sp³-hybridized carbons (Fsp3) is 0.423. The molecule has 0 amide bonds. The molecule has 9 nitrogen and oxygen atoms in total. The van der Waals surface area contributed by atoms with Crippen molar-refractivity contribution in [3.8, 4) is 28.6 Å². The summed E-state index contributed by atoms with van der Waals surface area (Å²) in [5.74, 6) is 0.644. The van der Waals surface area contributed by atoms with Gasteiger partial charge in [0.05, 0.1) is 33.6 Å². The molecule has 1 aliphatic rings. The minimum Gasteiger partial charge on any atom is -0.506 e. The van der Waals surface area contributed by atoms with E-state index in [1.165, 1.54) is 11.7 Å². The maximum absolute atomic E-state index is 13.8. The van der Waals surface area contributed by atoms with Crippen molar-refractivity contribution in [3.05, 3.63) is 56.8 Å². The van der Waals surface area contributed by atoms with Crippen LogP contribution in [0.3, 0.4) is 0 Å². The Kier molecular flexibility index (Phi) is 6.60. The van der Waals surface area contributed by atoms with Gasteiger partial charge < -0.3 is 28.5 Å². The van der Waals surface area contributed by atoms with Crippen molar-refractivity contribution >= 4 is 5.97 Å². The molecule has 35 heavy (non-hydrogen) atoms. The average molecular weight is 482 g/mol. The number of carbonyl (C=O) groups excluding carboxylic acids is 1. The zero-order valence-corrected chi connectivity index (χ0v) is 21.0. The highest BCUT2D eigenvalue weighted by Crippen LogP contribution is 2.43. The summed E-state index contributed by atoms with van der Waals surface area (Å²) >= 11 is 0. The number of rotatable bonds is 6. The summed E-state index contributed by atoms with van der Waals surface area (Å²) in [5.41, 5.74) is 2.40. The molecule has 3 aromatic rings. The second kappa shape index (κ2) is 9.48. The molecule has 1 aliphatic carbocycles. The summed E-state index contributed by atoms with van der Waals surface area (Å²) < 4.78 is 19.4. The quantitative estimate of drug-likeness (QED) is 0.536. The first-order valence-electron chi connectivity index (χ1n) is 11.6. The van der Waals surface area contributed by atoms with Crippen molar-refractivity contribution in [1.29, 1.82) is 0 Å². The number of nitrogens with zero attached hydrogens (tertiary/aromatic N) is 3. The van der Waals surface area contributed by atoms with Crippen LogP contribution in [0.25, 0.3) is 11.4 Å². The van der Waals surface area contributed by atoms with Crippen LogP contribution in [0.4, 0.5) is 0 Å². The standard InChI is InChI=1S/C26H31N3O6/c1-7-28-15(3)27-22-18(28)11-8-14(2)20-23(22)29(25(31)21(24(20)30)26(32)35-6)13-16-9-10-17(33-4)12-19(16)34-5/h9-10,12,14,30H,7-8,11,13H2,1-6H3. The highest BCUT2D eigenvalue weighted by molar-refractivity contribution is 5.93. The van der Waals surface area contributed by atoms with E-state index in [-0.39, 0.29) is 23.8 Å². The fourth-order valence-corrected chi connectivity index (χ4v) is 5.01. The monoisotopic (exact) mass is 481 g/mol. The third-order valence-electron chi connectivity index (χ3n) is 6.80. The lowest BCUT2D eigenvalue weighted by Crippen LogP contribution is -2.30. The van der Waals surface area contributed by atoms with Crippen LogP contribution in [0.1, 0.15) is 59.2 Å². The summed E-state index contributed by atoms with van der Waals surface area (Å²) in [7, 11) is 4.30. The molecule has 1 aromatic carbocycles. The maximum atomic E-state index is 13.8. The molecule has 9 heteroatoms. The molecular weight excluding hydrogens is 450 g/mol. The summed E-state index contributed by atoms with van der Waals surface area (Å²) in [4.78, 5) is 31.3. The van der Waals surface area contributed by atoms with Crippen LogP contribution in [0, 0.1) is 6.92 Å².